The molecule has 0 N–H and O–H groups in total. The van der Waals surface area contributed by atoms with Crippen LogP contribution in [0, 0.1) is 0 Å². The highest BCUT2D eigenvalue weighted by atomic mass is 16.2. The number of fused-ring (bicyclic) bond motifs is 1. The molecule has 2 aliphatic heterocycles. The Morgan fingerprint density at radius 3 is 2.75 bits per heavy atom. The Morgan fingerprint density at radius 2 is 2.00 bits per heavy atom. The van der Waals surface area contributed by atoms with Crippen LogP contribution in [0.25, 0.3) is 0 Å². The number of ketones is 1. The third-order valence-corrected chi connectivity index (χ3v) is 2.78. The van der Waals surface area contributed by atoms with Crippen molar-refractivity contribution in [3.63, 3.8) is 0 Å². The van der Waals surface area contributed by atoms with Crippen molar-refractivity contribution in [1.82, 2.24) is 4.90 Å². The molecule has 2 aliphatic rings. The maximum atomic E-state index is 11.4. The molecule has 0 aromatic carbocycles. The van der Waals surface area contributed by atoms with Crippen molar-refractivity contribution in [1.29, 1.82) is 0 Å². The summed E-state index contributed by atoms with van der Waals surface area (Å²) in [6, 6.07) is -0.0556. The normalized spacial score (nSPS) is 30.3. The Labute approximate surface area is 71.7 Å². The van der Waals surface area contributed by atoms with Gasteiger partial charge in [0.2, 0.25) is 5.91 Å². The molecular formula is C9H13NO2. The Morgan fingerprint density at radius 1 is 1.17 bits per heavy atom. The first-order valence-electron chi connectivity index (χ1n) is 4.61. The van der Waals surface area contributed by atoms with Crippen LogP contribution in [-0.2, 0) is 9.59 Å². The van der Waals surface area contributed by atoms with Crippen molar-refractivity contribution < 1.29 is 9.59 Å². The summed E-state index contributed by atoms with van der Waals surface area (Å²) in [5, 5.41) is 0. The van der Waals surface area contributed by atoms with E-state index in [4.69, 9.17) is 0 Å². The zero-order chi connectivity index (χ0) is 8.55. The van der Waals surface area contributed by atoms with E-state index < -0.39 is 0 Å². The zero-order valence-electron chi connectivity index (χ0n) is 7.08. The van der Waals surface area contributed by atoms with E-state index in [9.17, 15) is 9.59 Å². The first-order valence-corrected chi connectivity index (χ1v) is 4.61. The van der Waals surface area contributed by atoms with Gasteiger partial charge in [-0.05, 0) is 19.3 Å². The third-order valence-electron chi connectivity index (χ3n) is 2.78. The Balaban J connectivity index is 2.16. The molecule has 66 valence electrons. The quantitative estimate of drug-likeness (QED) is 0.533. The minimum Gasteiger partial charge on any atom is -0.333 e. The van der Waals surface area contributed by atoms with Gasteiger partial charge in [0.25, 0.3) is 0 Å². The minimum absolute atomic E-state index is 0.0556. The fraction of sp³-hybridized carbons (Fsp3) is 0.778. The van der Waals surface area contributed by atoms with E-state index in [1.807, 2.05) is 0 Å². The Bertz CT molecular complexity index is 201. The second-order valence-electron chi connectivity index (χ2n) is 3.57. The molecule has 0 saturated carbocycles. The molecule has 0 unspecified atom stereocenters. The van der Waals surface area contributed by atoms with Gasteiger partial charge in [-0.25, -0.2) is 0 Å². The van der Waals surface area contributed by atoms with Crippen LogP contribution >= 0.6 is 0 Å². The lowest BCUT2D eigenvalue weighted by Gasteiger charge is -2.37. The average molecular weight is 167 g/mol. The standard InChI is InChI=1S/C9H13NO2/c11-8-4-5-9(12)10-6-2-1-3-7(8)10/h7H,1-6H2/t7-/m1/s1. The van der Waals surface area contributed by atoms with Crippen molar-refractivity contribution in [2.24, 2.45) is 0 Å². The topological polar surface area (TPSA) is 37.4 Å². The number of carbonyl (C=O) groups is 2. The highest BCUT2D eigenvalue weighted by molar-refractivity contribution is 5.95. The fourth-order valence-electron chi connectivity index (χ4n) is 2.11. The summed E-state index contributed by atoms with van der Waals surface area (Å²) in [7, 11) is 0. The highest BCUT2D eigenvalue weighted by Crippen LogP contribution is 2.24. The lowest BCUT2D eigenvalue weighted by Crippen LogP contribution is -2.51. The van der Waals surface area contributed by atoms with Gasteiger partial charge in [0.05, 0.1) is 6.04 Å². The Hall–Kier alpha value is -0.860. The number of nitrogens with zero attached hydrogens (tertiary/aromatic N) is 1. The molecule has 2 rings (SSSR count). The van der Waals surface area contributed by atoms with E-state index in [2.05, 4.69) is 0 Å². The lowest BCUT2D eigenvalue weighted by atomic mass is 9.92. The zero-order valence-corrected chi connectivity index (χ0v) is 7.08. The molecule has 0 aromatic rings. The SMILES string of the molecule is O=C1CCC(=O)N2CCCC[C@H]12. The lowest BCUT2D eigenvalue weighted by molar-refractivity contribution is -0.146. The summed E-state index contributed by atoms with van der Waals surface area (Å²) in [4.78, 5) is 24.5. The number of rotatable bonds is 0. The van der Waals surface area contributed by atoms with Crippen molar-refractivity contribution in [3.05, 3.63) is 0 Å². The van der Waals surface area contributed by atoms with Gasteiger partial charge in [0.1, 0.15) is 0 Å². The number of Topliss-reactive ketones (excluding diaryl/α,β-unsaturated/α-hetero) is 1. The maximum Gasteiger partial charge on any atom is 0.223 e. The van der Waals surface area contributed by atoms with Crippen LogP contribution in [0.5, 0.6) is 0 Å². The number of amides is 1. The van der Waals surface area contributed by atoms with Crippen molar-refractivity contribution in [2.45, 2.75) is 38.1 Å². The van der Waals surface area contributed by atoms with Gasteiger partial charge in [-0.3, -0.25) is 9.59 Å². The van der Waals surface area contributed by atoms with Crippen molar-refractivity contribution in [3.8, 4) is 0 Å². The second-order valence-corrected chi connectivity index (χ2v) is 3.57. The average Bonchev–Trinajstić information content (AvgIpc) is 2.12. The third kappa shape index (κ3) is 1.13. The maximum absolute atomic E-state index is 11.4. The van der Waals surface area contributed by atoms with Gasteiger partial charge in [-0.2, -0.15) is 0 Å². The summed E-state index contributed by atoms with van der Waals surface area (Å²) in [5.41, 5.74) is 0. The summed E-state index contributed by atoms with van der Waals surface area (Å²) < 4.78 is 0. The highest BCUT2D eigenvalue weighted by Gasteiger charge is 2.35. The first kappa shape index (κ1) is 7.77. The Kier molecular flexibility index (Phi) is 1.87. The second kappa shape index (κ2) is 2.88. The molecule has 2 heterocycles. The first-order chi connectivity index (χ1) is 5.79. The molecule has 12 heavy (non-hydrogen) atoms. The van der Waals surface area contributed by atoms with Crippen LogP contribution in [0.3, 0.4) is 0 Å². The predicted molar refractivity (Wildman–Crippen MR) is 43.6 cm³/mol. The molecule has 2 saturated heterocycles. The number of carbonyl (C=O) groups excluding carboxylic acids is 2. The van der Waals surface area contributed by atoms with Crippen LogP contribution in [-0.4, -0.2) is 29.2 Å². The van der Waals surface area contributed by atoms with Gasteiger partial charge in [0, 0.05) is 19.4 Å². The van der Waals surface area contributed by atoms with Gasteiger partial charge < -0.3 is 4.90 Å². The molecule has 0 spiro atoms. The van der Waals surface area contributed by atoms with E-state index in [-0.39, 0.29) is 17.7 Å². The van der Waals surface area contributed by atoms with Crippen LogP contribution in [0.4, 0.5) is 0 Å². The molecule has 2 fully saturated rings. The van der Waals surface area contributed by atoms with Crippen LogP contribution < -0.4 is 0 Å². The molecule has 0 bridgehead atoms. The monoisotopic (exact) mass is 167 g/mol. The minimum atomic E-state index is -0.0556. The molecule has 0 aromatic heterocycles. The van der Waals surface area contributed by atoms with Crippen molar-refractivity contribution >= 4 is 11.7 Å². The van der Waals surface area contributed by atoms with Crippen molar-refractivity contribution in [2.75, 3.05) is 6.54 Å². The summed E-state index contributed by atoms with van der Waals surface area (Å²) in [6.07, 6.45) is 3.97. The number of piperidine rings is 2. The van der Waals surface area contributed by atoms with E-state index >= 15 is 0 Å². The largest absolute Gasteiger partial charge is 0.333 e. The van der Waals surface area contributed by atoms with Gasteiger partial charge in [0.15, 0.2) is 5.78 Å². The molecule has 3 nitrogen and oxygen atoms in total. The van der Waals surface area contributed by atoms with Crippen LogP contribution in [0.1, 0.15) is 32.1 Å². The van der Waals surface area contributed by atoms with E-state index in [0.717, 1.165) is 25.8 Å². The van der Waals surface area contributed by atoms with E-state index in [1.165, 1.54) is 0 Å². The van der Waals surface area contributed by atoms with Crippen LogP contribution in [0.2, 0.25) is 0 Å². The van der Waals surface area contributed by atoms with E-state index in [1.54, 1.807) is 4.90 Å². The molecule has 1 atom stereocenters. The fourth-order valence-corrected chi connectivity index (χ4v) is 2.11. The summed E-state index contributed by atoms with van der Waals surface area (Å²) in [5.74, 6) is 0.452. The molecular weight excluding hydrogens is 154 g/mol. The van der Waals surface area contributed by atoms with E-state index in [0.29, 0.717) is 12.8 Å². The van der Waals surface area contributed by atoms with Gasteiger partial charge >= 0.3 is 0 Å². The molecule has 3 heteroatoms. The number of hydrogen-bond acceptors (Lipinski definition) is 2. The summed E-state index contributed by atoms with van der Waals surface area (Å²) in [6.45, 7) is 0.801. The predicted octanol–water partition coefficient (Wildman–Crippen LogP) is 0.730. The van der Waals surface area contributed by atoms with Crippen LogP contribution in [0.15, 0.2) is 0 Å². The molecule has 0 aliphatic carbocycles. The summed E-state index contributed by atoms with van der Waals surface area (Å²) >= 11 is 0. The van der Waals surface area contributed by atoms with Gasteiger partial charge in [-0.15, -0.1) is 0 Å². The smallest absolute Gasteiger partial charge is 0.223 e. The molecule has 0 radical (unpaired) electrons. The molecule has 1 amide bonds. The van der Waals surface area contributed by atoms with Gasteiger partial charge in [-0.1, -0.05) is 0 Å². The number of hydrogen-bond donors (Lipinski definition) is 0.